The largest absolute Gasteiger partial charge is 0.379 e. The Morgan fingerprint density at radius 1 is 1.82 bits per heavy atom. The summed E-state index contributed by atoms with van der Waals surface area (Å²) in [6.45, 7) is 1.69. The number of rotatable bonds is 2. The molecule has 11 heavy (non-hydrogen) atoms. The number of methoxy groups -OCH3 is 1. The summed E-state index contributed by atoms with van der Waals surface area (Å²) in [5.41, 5.74) is -0.867. The molecule has 4 nitrogen and oxygen atoms in total. The van der Waals surface area contributed by atoms with Gasteiger partial charge in [-0.1, -0.05) is 0 Å². The molecule has 0 radical (unpaired) electrons. The fraction of sp³-hybridized carbons (Fsp3) is 0.571. The van der Waals surface area contributed by atoms with Crippen LogP contribution in [0.4, 0.5) is 0 Å². The minimum Gasteiger partial charge on any atom is -0.379 e. The standard InChI is InChI=1S/C7H11NO3/c1-5-3-6(9)7(10,8-5)4-11-2/h3,8,10H,4H2,1-2H3. The van der Waals surface area contributed by atoms with Gasteiger partial charge in [0.05, 0.1) is 0 Å². The average molecular weight is 157 g/mol. The summed E-state index contributed by atoms with van der Waals surface area (Å²) < 4.78 is 4.68. The van der Waals surface area contributed by atoms with Gasteiger partial charge < -0.3 is 15.2 Å². The first-order valence-corrected chi connectivity index (χ1v) is 3.31. The molecule has 1 atom stereocenters. The number of nitrogens with one attached hydrogen (secondary N) is 1. The van der Waals surface area contributed by atoms with Crippen molar-refractivity contribution in [2.75, 3.05) is 13.7 Å². The van der Waals surface area contributed by atoms with E-state index in [2.05, 4.69) is 10.1 Å². The molecule has 0 aromatic carbocycles. The summed E-state index contributed by atoms with van der Waals surface area (Å²) in [6, 6.07) is 0. The zero-order valence-corrected chi connectivity index (χ0v) is 6.55. The number of aliphatic hydroxyl groups is 1. The van der Waals surface area contributed by atoms with Crippen LogP contribution in [0.5, 0.6) is 0 Å². The van der Waals surface area contributed by atoms with Crippen molar-refractivity contribution in [3.05, 3.63) is 11.8 Å². The van der Waals surface area contributed by atoms with Crippen LogP contribution < -0.4 is 5.32 Å². The number of hydrogen-bond acceptors (Lipinski definition) is 4. The molecule has 0 bridgehead atoms. The number of ketones is 1. The highest BCUT2D eigenvalue weighted by Crippen LogP contribution is 2.13. The van der Waals surface area contributed by atoms with Gasteiger partial charge in [0, 0.05) is 18.9 Å². The van der Waals surface area contributed by atoms with Gasteiger partial charge in [-0.25, -0.2) is 0 Å². The predicted octanol–water partition coefficient (Wildman–Crippen LogP) is -0.603. The van der Waals surface area contributed by atoms with Gasteiger partial charge >= 0.3 is 0 Å². The highest BCUT2D eigenvalue weighted by molar-refractivity contribution is 5.99. The zero-order valence-electron chi connectivity index (χ0n) is 6.55. The Balaban J connectivity index is 2.70. The minimum atomic E-state index is -1.53. The van der Waals surface area contributed by atoms with Crippen molar-refractivity contribution < 1.29 is 14.6 Å². The van der Waals surface area contributed by atoms with Gasteiger partial charge in [0.25, 0.3) is 0 Å². The van der Waals surface area contributed by atoms with Crippen LogP contribution in [0, 0.1) is 0 Å². The molecule has 4 heteroatoms. The van der Waals surface area contributed by atoms with Gasteiger partial charge in [0.1, 0.15) is 6.61 Å². The second-order valence-corrected chi connectivity index (χ2v) is 2.61. The van der Waals surface area contributed by atoms with E-state index in [1.165, 1.54) is 13.2 Å². The van der Waals surface area contributed by atoms with Crippen LogP contribution in [0.15, 0.2) is 11.8 Å². The summed E-state index contributed by atoms with van der Waals surface area (Å²) >= 11 is 0. The van der Waals surface area contributed by atoms with Crippen molar-refractivity contribution in [2.45, 2.75) is 12.6 Å². The van der Waals surface area contributed by atoms with E-state index in [1.807, 2.05) is 0 Å². The van der Waals surface area contributed by atoms with Crippen LogP contribution >= 0.6 is 0 Å². The Bertz CT molecular complexity index is 212. The summed E-state index contributed by atoms with van der Waals surface area (Å²) in [5.74, 6) is -0.350. The van der Waals surface area contributed by atoms with Gasteiger partial charge in [0.15, 0.2) is 0 Å². The fourth-order valence-electron chi connectivity index (χ4n) is 1.06. The number of carbonyl (C=O) groups is 1. The molecule has 1 aliphatic heterocycles. The van der Waals surface area contributed by atoms with Gasteiger partial charge in [0.2, 0.25) is 11.5 Å². The van der Waals surface area contributed by atoms with E-state index in [0.717, 1.165) is 0 Å². The van der Waals surface area contributed by atoms with Crippen molar-refractivity contribution in [1.29, 1.82) is 0 Å². The molecule has 1 aliphatic rings. The normalized spacial score (nSPS) is 30.1. The van der Waals surface area contributed by atoms with Crippen LogP contribution in [0.25, 0.3) is 0 Å². The first kappa shape index (κ1) is 8.23. The second-order valence-electron chi connectivity index (χ2n) is 2.61. The lowest BCUT2D eigenvalue weighted by Gasteiger charge is -2.21. The molecule has 0 aromatic heterocycles. The molecule has 1 heterocycles. The highest BCUT2D eigenvalue weighted by atomic mass is 16.5. The quantitative estimate of drug-likeness (QED) is 0.562. The van der Waals surface area contributed by atoms with Gasteiger partial charge in [-0.05, 0) is 6.92 Å². The number of carbonyl (C=O) groups excluding carboxylic acids is 1. The maximum Gasteiger partial charge on any atom is 0.223 e. The molecule has 0 amide bonds. The van der Waals surface area contributed by atoms with E-state index in [4.69, 9.17) is 0 Å². The van der Waals surface area contributed by atoms with E-state index in [1.54, 1.807) is 6.92 Å². The van der Waals surface area contributed by atoms with E-state index in [9.17, 15) is 9.90 Å². The van der Waals surface area contributed by atoms with E-state index >= 15 is 0 Å². The Kier molecular flexibility index (Phi) is 1.97. The predicted molar refractivity (Wildman–Crippen MR) is 38.7 cm³/mol. The van der Waals surface area contributed by atoms with E-state index < -0.39 is 5.72 Å². The molecule has 1 unspecified atom stereocenters. The molecule has 0 saturated heterocycles. The average Bonchev–Trinajstić information content (AvgIpc) is 2.08. The molecule has 2 N–H and O–H groups in total. The zero-order chi connectivity index (χ0) is 8.48. The summed E-state index contributed by atoms with van der Waals surface area (Å²) in [5, 5.41) is 12.1. The Hall–Kier alpha value is -0.870. The topological polar surface area (TPSA) is 58.6 Å². The van der Waals surface area contributed by atoms with Crippen molar-refractivity contribution in [2.24, 2.45) is 0 Å². The molecule has 0 saturated carbocycles. The number of allylic oxidation sites excluding steroid dienone is 1. The molecule has 0 aliphatic carbocycles. The Morgan fingerprint density at radius 2 is 2.45 bits per heavy atom. The van der Waals surface area contributed by atoms with Crippen LogP contribution in [-0.2, 0) is 9.53 Å². The molecule has 1 rings (SSSR count). The van der Waals surface area contributed by atoms with Crippen molar-refractivity contribution in [3.8, 4) is 0 Å². The lowest BCUT2D eigenvalue weighted by atomic mass is 10.2. The Labute approximate surface area is 64.9 Å². The lowest BCUT2D eigenvalue weighted by molar-refractivity contribution is -0.138. The maximum absolute atomic E-state index is 11.0. The highest BCUT2D eigenvalue weighted by Gasteiger charge is 2.38. The van der Waals surface area contributed by atoms with E-state index in [-0.39, 0.29) is 12.4 Å². The molecular weight excluding hydrogens is 146 g/mol. The second kappa shape index (κ2) is 2.64. The third-order valence-corrected chi connectivity index (χ3v) is 1.51. The molecule has 0 spiro atoms. The first-order valence-electron chi connectivity index (χ1n) is 3.31. The SMILES string of the molecule is COCC1(O)NC(C)=CC1=O. The summed E-state index contributed by atoms with van der Waals surface area (Å²) in [7, 11) is 1.43. The van der Waals surface area contributed by atoms with E-state index in [0.29, 0.717) is 5.70 Å². The fourth-order valence-corrected chi connectivity index (χ4v) is 1.06. The van der Waals surface area contributed by atoms with Crippen LogP contribution in [0.3, 0.4) is 0 Å². The first-order chi connectivity index (χ1) is 5.08. The summed E-state index contributed by atoms with van der Waals surface area (Å²) in [4.78, 5) is 11.0. The summed E-state index contributed by atoms with van der Waals surface area (Å²) in [6.07, 6.45) is 1.36. The molecule has 0 aromatic rings. The number of hydrogen-bond donors (Lipinski definition) is 2. The van der Waals surface area contributed by atoms with Crippen LogP contribution in [-0.4, -0.2) is 30.3 Å². The monoisotopic (exact) mass is 157 g/mol. The van der Waals surface area contributed by atoms with Gasteiger partial charge in [-0.3, -0.25) is 4.79 Å². The third-order valence-electron chi connectivity index (χ3n) is 1.51. The van der Waals surface area contributed by atoms with Crippen LogP contribution in [0.2, 0.25) is 0 Å². The Morgan fingerprint density at radius 3 is 2.82 bits per heavy atom. The molecule has 62 valence electrons. The molecular formula is C7H11NO3. The van der Waals surface area contributed by atoms with Gasteiger partial charge in [-0.2, -0.15) is 0 Å². The van der Waals surface area contributed by atoms with Crippen LogP contribution in [0.1, 0.15) is 6.92 Å². The van der Waals surface area contributed by atoms with Crippen molar-refractivity contribution >= 4 is 5.78 Å². The van der Waals surface area contributed by atoms with Crippen molar-refractivity contribution in [1.82, 2.24) is 5.32 Å². The maximum atomic E-state index is 11.0. The third kappa shape index (κ3) is 1.41. The molecule has 0 fully saturated rings. The lowest BCUT2D eigenvalue weighted by Crippen LogP contribution is -2.50. The smallest absolute Gasteiger partial charge is 0.223 e. The minimum absolute atomic E-state index is 0.0281. The number of ether oxygens (including phenoxy) is 1. The van der Waals surface area contributed by atoms with Gasteiger partial charge in [-0.15, -0.1) is 0 Å². The van der Waals surface area contributed by atoms with Crippen molar-refractivity contribution in [3.63, 3.8) is 0 Å².